The number of anilines is 1. The van der Waals surface area contributed by atoms with Crippen molar-refractivity contribution in [2.24, 2.45) is 13.0 Å². The fraction of sp³-hybridized carbons (Fsp3) is 0.300. The van der Waals surface area contributed by atoms with E-state index in [0.29, 0.717) is 12.2 Å². The summed E-state index contributed by atoms with van der Waals surface area (Å²) in [4.78, 5) is 30.0. The first-order valence-corrected chi connectivity index (χ1v) is 9.01. The number of benzene rings is 1. The van der Waals surface area contributed by atoms with Gasteiger partial charge in [0.15, 0.2) is 5.78 Å². The minimum absolute atomic E-state index is 0.0454. The molecule has 1 aromatic carbocycles. The standard InChI is InChI=1S/C20H18F2N4O3/c1-26-19(23-9-24-26)16-17(10-3-5-11(21)6-4-10)25-14-8-12(22)7-13(20(28)29-2)15(14)18(16)27/h3,5-10,16-17,25H,4H2,1-2H3/t10?,16-,17-/m0/s1. The van der Waals surface area contributed by atoms with Crippen molar-refractivity contribution >= 4 is 17.4 Å². The molecule has 0 amide bonds. The quantitative estimate of drug-likeness (QED) is 0.798. The number of halogens is 2. The maximum absolute atomic E-state index is 14.2. The first-order chi connectivity index (χ1) is 13.9. The molecule has 2 aliphatic rings. The van der Waals surface area contributed by atoms with Crippen LogP contribution in [0, 0.1) is 11.7 Å². The Balaban J connectivity index is 1.87. The summed E-state index contributed by atoms with van der Waals surface area (Å²) < 4.78 is 33.9. The lowest BCUT2D eigenvalue weighted by molar-refractivity contribution is 0.0595. The predicted molar refractivity (Wildman–Crippen MR) is 99.7 cm³/mol. The summed E-state index contributed by atoms with van der Waals surface area (Å²) in [6.45, 7) is 0. The Kier molecular flexibility index (Phi) is 4.73. The van der Waals surface area contributed by atoms with Crippen LogP contribution in [0.15, 0.2) is 42.5 Å². The molecule has 1 unspecified atom stereocenters. The van der Waals surface area contributed by atoms with Gasteiger partial charge in [-0.05, 0) is 30.7 Å². The molecule has 4 rings (SSSR count). The molecule has 9 heteroatoms. The van der Waals surface area contributed by atoms with Crippen molar-refractivity contribution in [1.29, 1.82) is 0 Å². The highest BCUT2D eigenvalue weighted by molar-refractivity contribution is 6.14. The Morgan fingerprint density at radius 3 is 2.76 bits per heavy atom. The number of aryl methyl sites for hydroxylation is 1. The molecule has 0 spiro atoms. The summed E-state index contributed by atoms with van der Waals surface area (Å²) >= 11 is 0. The highest BCUT2D eigenvalue weighted by Crippen LogP contribution is 2.41. The number of carbonyl (C=O) groups excluding carboxylic acids is 2. The second kappa shape index (κ2) is 7.23. The average molecular weight is 400 g/mol. The smallest absolute Gasteiger partial charge is 0.338 e. The lowest BCUT2D eigenvalue weighted by atomic mass is 9.76. The van der Waals surface area contributed by atoms with Crippen LogP contribution in [-0.2, 0) is 11.8 Å². The summed E-state index contributed by atoms with van der Waals surface area (Å²) in [6.07, 6.45) is 6.14. The number of ketones is 1. The maximum atomic E-state index is 14.2. The van der Waals surface area contributed by atoms with Gasteiger partial charge >= 0.3 is 5.97 Å². The molecule has 3 atom stereocenters. The Labute approximate surface area is 165 Å². The van der Waals surface area contributed by atoms with Gasteiger partial charge in [0.25, 0.3) is 0 Å². The lowest BCUT2D eigenvalue weighted by Gasteiger charge is -2.37. The van der Waals surface area contributed by atoms with Crippen molar-refractivity contribution in [3.63, 3.8) is 0 Å². The van der Waals surface area contributed by atoms with Crippen LogP contribution in [0.2, 0.25) is 0 Å². The van der Waals surface area contributed by atoms with Crippen LogP contribution in [-0.4, -0.2) is 39.7 Å². The van der Waals surface area contributed by atoms with Crippen LogP contribution in [0.4, 0.5) is 14.5 Å². The van der Waals surface area contributed by atoms with Crippen molar-refractivity contribution in [2.75, 3.05) is 12.4 Å². The zero-order valence-corrected chi connectivity index (χ0v) is 15.7. The fourth-order valence-corrected chi connectivity index (χ4v) is 3.93. The van der Waals surface area contributed by atoms with Gasteiger partial charge in [-0.2, -0.15) is 5.10 Å². The molecule has 0 bridgehead atoms. The van der Waals surface area contributed by atoms with E-state index in [0.717, 1.165) is 13.2 Å². The monoisotopic (exact) mass is 400 g/mol. The van der Waals surface area contributed by atoms with Crippen LogP contribution >= 0.6 is 0 Å². The van der Waals surface area contributed by atoms with Crippen molar-refractivity contribution in [1.82, 2.24) is 14.8 Å². The van der Waals surface area contributed by atoms with Gasteiger partial charge in [0.2, 0.25) is 0 Å². The maximum Gasteiger partial charge on any atom is 0.338 e. The zero-order valence-electron chi connectivity index (χ0n) is 15.7. The number of esters is 1. The van der Waals surface area contributed by atoms with Gasteiger partial charge in [0.05, 0.1) is 18.2 Å². The van der Waals surface area contributed by atoms with E-state index in [9.17, 15) is 18.4 Å². The van der Waals surface area contributed by atoms with E-state index in [4.69, 9.17) is 4.74 Å². The molecule has 0 radical (unpaired) electrons. The molecule has 2 heterocycles. The van der Waals surface area contributed by atoms with Crippen LogP contribution in [0.5, 0.6) is 0 Å². The Morgan fingerprint density at radius 2 is 2.14 bits per heavy atom. The fourth-order valence-electron chi connectivity index (χ4n) is 3.93. The molecule has 0 saturated heterocycles. The van der Waals surface area contributed by atoms with Crippen LogP contribution in [0.3, 0.4) is 0 Å². The van der Waals surface area contributed by atoms with Gasteiger partial charge in [-0.3, -0.25) is 9.48 Å². The third-order valence-electron chi connectivity index (χ3n) is 5.29. The van der Waals surface area contributed by atoms with Gasteiger partial charge in [-0.15, -0.1) is 0 Å². The SMILES string of the molecule is COC(=O)c1cc(F)cc2c1C(=O)[C@@H](c1ncnn1C)[C@H](C1C=CC(F)=CC1)N2. The number of hydrogen-bond donors (Lipinski definition) is 1. The van der Waals surface area contributed by atoms with E-state index in [-0.39, 0.29) is 28.6 Å². The van der Waals surface area contributed by atoms with E-state index in [1.165, 1.54) is 29.2 Å². The minimum atomic E-state index is -0.812. The predicted octanol–water partition coefficient (Wildman–Crippen LogP) is 2.93. The average Bonchev–Trinajstić information content (AvgIpc) is 3.12. The van der Waals surface area contributed by atoms with E-state index >= 15 is 0 Å². The summed E-state index contributed by atoms with van der Waals surface area (Å²) in [6, 6.07) is 1.62. The topological polar surface area (TPSA) is 86.1 Å². The Bertz CT molecular complexity index is 1060. The molecule has 1 aliphatic carbocycles. The number of ether oxygens (including phenoxy) is 1. The van der Waals surface area contributed by atoms with Crippen molar-refractivity contribution in [3.8, 4) is 0 Å². The second-order valence-electron chi connectivity index (χ2n) is 6.97. The van der Waals surface area contributed by atoms with Crippen molar-refractivity contribution < 1.29 is 23.1 Å². The third-order valence-corrected chi connectivity index (χ3v) is 5.29. The number of methoxy groups -OCH3 is 1. The van der Waals surface area contributed by atoms with Gasteiger partial charge in [-0.25, -0.2) is 18.6 Å². The van der Waals surface area contributed by atoms with Gasteiger partial charge < -0.3 is 10.1 Å². The molecule has 29 heavy (non-hydrogen) atoms. The molecule has 1 N–H and O–H groups in total. The second-order valence-corrected chi connectivity index (χ2v) is 6.97. The van der Waals surface area contributed by atoms with Crippen molar-refractivity contribution in [3.05, 3.63) is 65.3 Å². The first kappa shape index (κ1) is 19.0. The van der Waals surface area contributed by atoms with Crippen LogP contribution in [0.1, 0.15) is 38.9 Å². The molecule has 2 aromatic rings. The number of fused-ring (bicyclic) bond motifs is 1. The number of nitrogens with one attached hydrogen (secondary N) is 1. The highest BCUT2D eigenvalue weighted by atomic mass is 19.1. The number of Topliss-reactive ketones (excluding diaryl/α,β-unsaturated/α-hetero) is 1. The number of allylic oxidation sites excluding steroid dienone is 3. The number of carbonyl (C=O) groups is 2. The molecular weight excluding hydrogens is 382 g/mol. The molecule has 150 valence electrons. The molecule has 1 aromatic heterocycles. The number of aromatic nitrogens is 3. The van der Waals surface area contributed by atoms with E-state index in [2.05, 4.69) is 15.4 Å². The minimum Gasteiger partial charge on any atom is -0.465 e. The molecular formula is C20H18F2N4O3. The summed E-state index contributed by atoms with van der Waals surface area (Å²) in [5.41, 5.74) is 0.0852. The summed E-state index contributed by atoms with van der Waals surface area (Å²) in [5, 5.41) is 7.23. The van der Waals surface area contributed by atoms with Crippen LogP contribution in [0.25, 0.3) is 0 Å². The normalized spacial score (nSPS) is 23.2. The Hall–Kier alpha value is -3.36. The largest absolute Gasteiger partial charge is 0.465 e. The lowest BCUT2D eigenvalue weighted by Crippen LogP contribution is -2.44. The summed E-state index contributed by atoms with van der Waals surface area (Å²) in [5.74, 6) is -2.91. The first-order valence-electron chi connectivity index (χ1n) is 9.01. The van der Waals surface area contributed by atoms with Crippen LogP contribution < -0.4 is 5.32 Å². The van der Waals surface area contributed by atoms with Crippen molar-refractivity contribution in [2.45, 2.75) is 18.4 Å². The molecule has 0 fully saturated rings. The van der Waals surface area contributed by atoms with E-state index in [1.54, 1.807) is 13.1 Å². The van der Waals surface area contributed by atoms with Gasteiger partial charge in [0.1, 0.15) is 29.7 Å². The van der Waals surface area contributed by atoms with Gasteiger partial charge in [-0.1, -0.05) is 6.08 Å². The molecule has 0 saturated carbocycles. The van der Waals surface area contributed by atoms with Gasteiger partial charge in [0, 0.05) is 24.7 Å². The number of rotatable bonds is 3. The van der Waals surface area contributed by atoms with E-state index in [1.807, 2.05) is 0 Å². The Morgan fingerprint density at radius 1 is 1.34 bits per heavy atom. The molecule has 7 nitrogen and oxygen atoms in total. The third kappa shape index (κ3) is 3.22. The highest BCUT2D eigenvalue weighted by Gasteiger charge is 2.44. The number of nitrogens with zero attached hydrogens (tertiary/aromatic N) is 3. The summed E-state index contributed by atoms with van der Waals surface area (Å²) in [7, 11) is 2.82. The zero-order chi connectivity index (χ0) is 20.7. The van der Waals surface area contributed by atoms with E-state index < -0.39 is 29.5 Å². The molecule has 1 aliphatic heterocycles. The number of hydrogen-bond acceptors (Lipinski definition) is 6.